The fraction of sp³-hybridized carbons (Fsp3) is 0.464. The molecule has 1 aliphatic heterocycles. The van der Waals surface area contributed by atoms with E-state index in [4.69, 9.17) is 9.84 Å². The van der Waals surface area contributed by atoms with Gasteiger partial charge >= 0.3 is 12.1 Å². The highest BCUT2D eigenvalue weighted by molar-refractivity contribution is 5.79. The molecule has 0 bridgehead atoms. The van der Waals surface area contributed by atoms with Crippen molar-refractivity contribution in [3.63, 3.8) is 0 Å². The molecule has 1 aliphatic carbocycles. The molecule has 1 fully saturated rings. The minimum absolute atomic E-state index is 0.0488. The number of amides is 2. The Labute approximate surface area is 206 Å². The van der Waals surface area contributed by atoms with Gasteiger partial charge in [-0.3, -0.25) is 9.59 Å². The summed E-state index contributed by atoms with van der Waals surface area (Å²) in [5.74, 6) is -1.15. The number of likely N-dealkylation sites (tertiary alicyclic amines) is 1. The van der Waals surface area contributed by atoms with Gasteiger partial charge in [-0.15, -0.1) is 0 Å². The zero-order valence-electron chi connectivity index (χ0n) is 20.1. The highest BCUT2D eigenvalue weighted by Crippen LogP contribution is 2.44. The zero-order valence-corrected chi connectivity index (χ0v) is 20.1. The van der Waals surface area contributed by atoms with E-state index >= 15 is 0 Å². The van der Waals surface area contributed by atoms with Gasteiger partial charge in [0.25, 0.3) is 0 Å². The molecular formula is C28H34N2O5. The summed E-state index contributed by atoms with van der Waals surface area (Å²) in [6, 6.07) is 16.5. The molecule has 2 N–H and O–H groups in total. The fourth-order valence-electron chi connectivity index (χ4n) is 5.16. The summed E-state index contributed by atoms with van der Waals surface area (Å²) in [5.41, 5.74) is 4.80. The van der Waals surface area contributed by atoms with Crippen molar-refractivity contribution in [2.24, 2.45) is 5.92 Å². The Bertz CT molecular complexity index is 1010. The third-order valence-corrected chi connectivity index (χ3v) is 7.05. The number of nitrogens with zero attached hydrogens (tertiary/aromatic N) is 1. The van der Waals surface area contributed by atoms with Crippen molar-refractivity contribution in [1.29, 1.82) is 0 Å². The number of ether oxygens (including phenoxy) is 1. The van der Waals surface area contributed by atoms with Crippen molar-refractivity contribution < 1.29 is 24.2 Å². The van der Waals surface area contributed by atoms with Crippen LogP contribution in [0.2, 0.25) is 0 Å². The second-order valence-corrected chi connectivity index (χ2v) is 9.43. The van der Waals surface area contributed by atoms with Gasteiger partial charge in [-0.05, 0) is 47.9 Å². The van der Waals surface area contributed by atoms with Crippen LogP contribution in [0.5, 0.6) is 0 Å². The van der Waals surface area contributed by atoms with Crippen LogP contribution in [0.1, 0.15) is 62.0 Å². The number of fused-ring (bicyclic) bond motifs is 3. The third-order valence-electron chi connectivity index (χ3n) is 7.05. The van der Waals surface area contributed by atoms with E-state index in [9.17, 15) is 14.4 Å². The minimum Gasteiger partial charge on any atom is -0.481 e. The second-order valence-electron chi connectivity index (χ2n) is 9.43. The van der Waals surface area contributed by atoms with E-state index in [1.54, 1.807) is 4.90 Å². The highest BCUT2D eigenvalue weighted by atomic mass is 16.5. The molecule has 1 saturated heterocycles. The number of alkyl carbamates (subject to hydrolysis) is 1. The summed E-state index contributed by atoms with van der Waals surface area (Å²) in [4.78, 5) is 37.4. The number of benzene rings is 2. The Kier molecular flexibility index (Phi) is 8.40. The summed E-state index contributed by atoms with van der Waals surface area (Å²) in [6.07, 6.45) is 4.86. The van der Waals surface area contributed by atoms with Gasteiger partial charge in [-0.1, -0.05) is 61.4 Å². The Morgan fingerprint density at radius 3 is 2.29 bits per heavy atom. The Hall–Kier alpha value is -3.35. The first kappa shape index (κ1) is 24.8. The van der Waals surface area contributed by atoms with Gasteiger partial charge in [0.15, 0.2) is 0 Å². The normalized spacial score (nSPS) is 16.9. The average Bonchev–Trinajstić information content (AvgIpc) is 3.20. The second kappa shape index (κ2) is 11.9. The number of carboxylic acids is 1. The Morgan fingerprint density at radius 1 is 0.943 bits per heavy atom. The fourth-order valence-corrected chi connectivity index (χ4v) is 5.16. The lowest BCUT2D eigenvalue weighted by Crippen LogP contribution is -2.42. The maximum atomic E-state index is 12.3. The van der Waals surface area contributed by atoms with Gasteiger partial charge in [0.2, 0.25) is 5.91 Å². The van der Waals surface area contributed by atoms with Crippen LogP contribution in [0.3, 0.4) is 0 Å². The highest BCUT2D eigenvalue weighted by Gasteiger charge is 2.29. The van der Waals surface area contributed by atoms with Gasteiger partial charge < -0.3 is 20.1 Å². The number of rotatable bonds is 10. The largest absolute Gasteiger partial charge is 0.481 e. The van der Waals surface area contributed by atoms with Gasteiger partial charge in [0.1, 0.15) is 6.61 Å². The summed E-state index contributed by atoms with van der Waals surface area (Å²) < 4.78 is 5.55. The van der Waals surface area contributed by atoms with Gasteiger partial charge in [-0.2, -0.15) is 0 Å². The number of piperidine rings is 1. The molecule has 2 amide bonds. The molecule has 2 aromatic rings. The number of aliphatic carboxylic acids is 1. The molecule has 0 saturated carbocycles. The molecule has 7 heteroatoms. The lowest BCUT2D eigenvalue weighted by atomic mass is 9.98. The Morgan fingerprint density at radius 2 is 1.60 bits per heavy atom. The predicted octanol–water partition coefficient (Wildman–Crippen LogP) is 4.80. The van der Waals surface area contributed by atoms with E-state index in [-0.39, 0.29) is 11.8 Å². The van der Waals surface area contributed by atoms with Crippen molar-refractivity contribution in [3.8, 4) is 11.1 Å². The molecule has 1 heterocycles. The molecule has 7 nitrogen and oxygen atoms in total. The van der Waals surface area contributed by atoms with E-state index in [0.717, 1.165) is 32.1 Å². The molecule has 2 aliphatic rings. The van der Waals surface area contributed by atoms with E-state index in [2.05, 4.69) is 29.6 Å². The molecule has 35 heavy (non-hydrogen) atoms. The number of carbonyl (C=O) groups is 3. The summed E-state index contributed by atoms with van der Waals surface area (Å²) in [6.45, 7) is 1.84. The molecule has 0 radical (unpaired) electrons. The van der Waals surface area contributed by atoms with Crippen LogP contribution < -0.4 is 5.32 Å². The van der Waals surface area contributed by atoms with Gasteiger partial charge in [-0.25, -0.2) is 4.79 Å². The first-order chi connectivity index (χ1) is 17.0. The van der Waals surface area contributed by atoms with Crippen LogP contribution in [0.4, 0.5) is 4.79 Å². The first-order valence-electron chi connectivity index (χ1n) is 12.6. The van der Waals surface area contributed by atoms with Crippen LogP contribution in [-0.2, 0) is 14.3 Å². The zero-order chi connectivity index (χ0) is 24.6. The van der Waals surface area contributed by atoms with Crippen LogP contribution in [0.15, 0.2) is 48.5 Å². The topological polar surface area (TPSA) is 95.9 Å². The maximum Gasteiger partial charge on any atom is 0.407 e. The Balaban J connectivity index is 1.10. The third kappa shape index (κ3) is 6.21. The number of unbranched alkanes of at least 4 members (excludes halogenated alkanes) is 3. The van der Waals surface area contributed by atoms with Crippen LogP contribution in [0.25, 0.3) is 11.1 Å². The molecule has 0 unspecified atom stereocenters. The number of hydrogen-bond acceptors (Lipinski definition) is 4. The van der Waals surface area contributed by atoms with Crippen LogP contribution in [-0.4, -0.2) is 54.2 Å². The van der Waals surface area contributed by atoms with E-state index in [1.807, 2.05) is 24.3 Å². The minimum atomic E-state index is -0.814. The lowest BCUT2D eigenvalue weighted by molar-refractivity contribution is -0.145. The van der Waals surface area contributed by atoms with Crippen LogP contribution >= 0.6 is 0 Å². The molecule has 186 valence electrons. The van der Waals surface area contributed by atoms with E-state index in [1.165, 1.54) is 22.3 Å². The maximum absolute atomic E-state index is 12.3. The molecular weight excluding hydrogens is 444 g/mol. The summed E-state index contributed by atoms with van der Waals surface area (Å²) >= 11 is 0. The van der Waals surface area contributed by atoms with Crippen molar-refractivity contribution >= 4 is 18.0 Å². The molecule has 0 aromatic heterocycles. The molecule has 2 aromatic carbocycles. The average molecular weight is 479 g/mol. The first-order valence-corrected chi connectivity index (χ1v) is 12.6. The summed E-state index contributed by atoms with van der Waals surface area (Å²) in [5, 5.41) is 12.0. The number of nitrogens with one attached hydrogen (secondary N) is 1. The predicted molar refractivity (Wildman–Crippen MR) is 133 cm³/mol. The van der Waals surface area contributed by atoms with E-state index in [0.29, 0.717) is 39.1 Å². The number of carboxylic acid groups (broad SMARTS) is 1. The molecule has 1 atom stereocenters. The van der Waals surface area contributed by atoms with Gasteiger partial charge in [0.05, 0.1) is 5.92 Å². The van der Waals surface area contributed by atoms with Crippen molar-refractivity contribution in [2.45, 2.75) is 50.9 Å². The number of hydrogen-bond donors (Lipinski definition) is 2. The molecule has 4 rings (SSSR count). The van der Waals surface area contributed by atoms with E-state index < -0.39 is 18.0 Å². The van der Waals surface area contributed by atoms with Crippen molar-refractivity contribution in [1.82, 2.24) is 10.2 Å². The number of carbonyl (C=O) groups excluding carboxylic acids is 2. The van der Waals surface area contributed by atoms with Gasteiger partial charge in [0, 0.05) is 32.0 Å². The quantitative estimate of drug-likeness (QED) is 0.478. The molecule has 0 spiro atoms. The SMILES string of the molecule is O=C(NCCCCCCC(=O)N1CCC[C@@H](C(=O)O)C1)OCC1c2ccccc2-c2ccccc21. The standard InChI is InChI=1S/C28H34N2O5/c31-26(30-17-9-10-20(18-30)27(32)33)15-3-1-2-8-16-29-28(34)35-19-25-23-13-6-4-11-21(23)22-12-5-7-14-24(22)25/h4-7,11-14,20,25H,1-3,8-10,15-19H2,(H,29,34)(H,32,33)/t20-/m1/s1. The van der Waals surface area contributed by atoms with Crippen molar-refractivity contribution in [3.05, 3.63) is 59.7 Å². The monoisotopic (exact) mass is 478 g/mol. The van der Waals surface area contributed by atoms with Crippen LogP contribution in [0, 0.1) is 5.92 Å². The van der Waals surface area contributed by atoms with Crippen molar-refractivity contribution in [2.75, 3.05) is 26.2 Å². The summed E-state index contributed by atoms with van der Waals surface area (Å²) in [7, 11) is 0. The lowest BCUT2D eigenvalue weighted by Gasteiger charge is -2.30. The smallest absolute Gasteiger partial charge is 0.407 e.